The predicted molar refractivity (Wildman–Crippen MR) is 126 cm³/mol. The molecule has 1 aliphatic heterocycles. The number of piperazine rings is 1. The quantitative estimate of drug-likeness (QED) is 0.395. The van der Waals surface area contributed by atoms with E-state index in [1.54, 1.807) is 12.4 Å². The number of fused-ring (bicyclic) bond motifs is 1. The molecule has 0 saturated carbocycles. The van der Waals surface area contributed by atoms with E-state index in [1.807, 2.05) is 6.07 Å². The van der Waals surface area contributed by atoms with E-state index in [4.69, 9.17) is 4.98 Å². The Balaban J connectivity index is 1.41. The van der Waals surface area contributed by atoms with Gasteiger partial charge >= 0.3 is 6.18 Å². The lowest BCUT2D eigenvalue weighted by atomic mass is 10.1. The second kappa shape index (κ2) is 9.10. The van der Waals surface area contributed by atoms with Crippen molar-refractivity contribution in [2.45, 2.75) is 38.7 Å². The van der Waals surface area contributed by atoms with Crippen molar-refractivity contribution in [2.75, 3.05) is 23.3 Å². The van der Waals surface area contributed by atoms with E-state index in [1.165, 1.54) is 12.4 Å². The number of aromatic amines is 1. The number of aromatic nitrogens is 6. The zero-order valence-corrected chi connectivity index (χ0v) is 19.1. The van der Waals surface area contributed by atoms with Crippen molar-refractivity contribution in [1.82, 2.24) is 35.2 Å². The highest BCUT2D eigenvalue weighted by atomic mass is 19.4. The minimum absolute atomic E-state index is 0.330. The van der Waals surface area contributed by atoms with Crippen LogP contribution in [0.25, 0.3) is 22.2 Å². The summed E-state index contributed by atoms with van der Waals surface area (Å²) in [5.41, 5.74) is 1.22. The molecular formula is C23H24F3N9. The van der Waals surface area contributed by atoms with Crippen LogP contribution in [0.2, 0.25) is 0 Å². The van der Waals surface area contributed by atoms with Gasteiger partial charge in [0, 0.05) is 49.3 Å². The highest BCUT2D eigenvalue weighted by Crippen LogP contribution is 2.35. The van der Waals surface area contributed by atoms with Crippen LogP contribution in [0, 0.1) is 0 Å². The molecule has 1 fully saturated rings. The molecule has 182 valence electrons. The molecule has 0 amide bonds. The fraction of sp³-hybridized carbons (Fsp3) is 0.348. The van der Waals surface area contributed by atoms with E-state index in [9.17, 15) is 13.2 Å². The number of hydrogen-bond acceptors (Lipinski definition) is 8. The van der Waals surface area contributed by atoms with Gasteiger partial charge < -0.3 is 20.5 Å². The van der Waals surface area contributed by atoms with Crippen LogP contribution in [0.5, 0.6) is 0 Å². The molecule has 0 spiro atoms. The normalized spacial score (nSPS) is 18.7. The number of nitrogens with zero attached hydrogens (tertiary/aromatic N) is 6. The number of hydrogen-bond donors (Lipinski definition) is 3. The minimum atomic E-state index is -4.54. The maximum absolute atomic E-state index is 13.2. The summed E-state index contributed by atoms with van der Waals surface area (Å²) < 4.78 is 39.6. The molecule has 35 heavy (non-hydrogen) atoms. The summed E-state index contributed by atoms with van der Waals surface area (Å²) in [4.78, 5) is 26.3. The molecular weight excluding hydrogens is 459 g/mol. The summed E-state index contributed by atoms with van der Waals surface area (Å²) in [5.74, 6) is 1.15. The molecule has 12 heteroatoms. The largest absolute Gasteiger partial charge is 0.433 e. The number of H-pyrrole nitrogens is 1. The Hall–Kier alpha value is -3.80. The van der Waals surface area contributed by atoms with Gasteiger partial charge in [-0.25, -0.2) is 19.9 Å². The molecule has 0 bridgehead atoms. The molecule has 9 nitrogen and oxygen atoms in total. The molecule has 0 aliphatic carbocycles. The van der Waals surface area contributed by atoms with Crippen LogP contribution in [-0.4, -0.2) is 55.1 Å². The Bertz CT molecular complexity index is 1330. The predicted octanol–water partition coefficient (Wildman–Crippen LogP) is 3.63. The lowest BCUT2D eigenvalue weighted by Gasteiger charge is -2.36. The number of rotatable bonds is 5. The van der Waals surface area contributed by atoms with Gasteiger partial charge in [0.1, 0.15) is 23.5 Å². The Labute approximate surface area is 199 Å². The van der Waals surface area contributed by atoms with Gasteiger partial charge in [-0.1, -0.05) is 0 Å². The molecule has 1 aliphatic rings. The molecule has 1 saturated heterocycles. The van der Waals surface area contributed by atoms with E-state index >= 15 is 0 Å². The third-order valence-corrected chi connectivity index (χ3v) is 5.81. The van der Waals surface area contributed by atoms with E-state index in [0.717, 1.165) is 31.0 Å². The Kier molecular flexibility index (Phi) is 5.97. The highest BCUT2D eigenvalue weighted by molar-refractivity contribution is 6.00. The topological polar surface area (TPSA) is 108 Å². The molecule has 0 unspecified atom stereocenters. The molecule has 0 radical (unpaired) electrons. The van der Waals surface area contributed by atoms with Crippen LogP contribution in [-0.2, 0) is 12.7 Å². The molecule has 4 aromatic rings. The van der Waals surface area contributed by atoms with Crippen molar-refractivity contribution in [2.24, 2.45) is 0 Å². The maximum Gasteiger partial charge on any atom is 0.433 e. The van der Waals surface area contributed by atoms with Crippen LogP contribution >= 0.6 is 0 Å². The zero-order valence-electron chi connectivity index (χ0n) is 19.1. The van der Waals surface area contributed by atoms with Crippen molar-refractivity contribution in [3.63, 3.8) is 0 Å². The first-order valence-electron chi connectivity index (χ1n) is 11.2. The van der Waals surface area contributed by atoms with Gasteiger partial charge in [-0.3, -0.25) is 4.98 Å². The summed E-state index contributed by atoms with van der Waals surface area (Å²) in [6.07, 6.45) is 1.35. The van der Waals surface area contributed by atoms with Crippen LogP contribution in [0.3, 0.4) is 0 Å². The average Bonchev–Trinajstić information content (AvgIpc) is 3.27. The summed E-state index contributed by atoms with van der Waals surface area (Å²) in [6.45, 7) is 6.24. The summed E-state index contributed by atoms with van der Waals surface area (Å²) in [5, 5.41) is 7.34. The first-order chi connectivity index (χ1) is 16.8. The van der Waals surface area contributed by atoms with E-state index in [2.05, 4.69) is 54.3 Å². The summed E-state index contributed by atoms with van der Waals surface area (Å²) >= 11 is 0. The summed E-state index contributed by atoms with van der Waals surface area (Å²) in [7, 11) is 0. The van der Waals surface area contributed by atoms with Gasteiger partial charge in [0.25, 0.3) is 0 Å². The average molecular weight is 484 g/mol. The van der Waals surface area contributed by atoms with E-state index in [0.29, 0.717) is 52.6 Å². The Morgan fingerprint density at radius 2 is 1.83 bits per heavy atom. The number of nitrogens with one attached hydrogen (secondary N) is 3. The maximum atomic E-state index is 13.2. The van der Waals surface area contributed by atoms with E-state index < -0.39 is 11.9 Å². The fourth-order valence-corrected chi connectivity index (χ4v) is 4.38. The van der Waals surface area contributed by atoms with Gasteiger partial charge in [-0.05, 0) is 37.6 Å². The van der Waals surface area contributed by atoms with Gasteiger partial charge in [-0.15, -0.1) is 0 Å². The van der Waals surface area contributed by atoms with Crippen LogP contribution < -0.4 is 15.5 Å². The van der Waals surface area contributed by atoms with Crippen LogP contribution in [0.15, 0.2) is 43.1 Å². The van der Waals surface area contributed by atoms with E-state index in [-0.39, 0.29) is 0 Å². The van der Waals surface area contributed by atoms with Crippen molar-refractivity contribution < 1.29 is 13.2 Å². The second-order valence-electron chi connectivity index (χ2n) is 8.65. The first-order valence-corrected chi connectivity index (χ1v) is 11.2. The fourth-order valence-electron chi connectivity index (χ4n) is 4.38. The smallest absolute Gasteiger partial charge is 0.364 e. The highest BCUT2D eigenvalue weighted by Gasteiger charge is 2.32. The van der Waals surface area contributed by atoms with Gasteiger partial charge in [0.2, 0.25) is 5.95 Å². The van der Waals surface area contributed by atoms with Crippen LogP contribution in [0.1, 0.15) is 25.2 Å². The second-order valence-corrected chi connectivity index (χ2v) is 8.65. The number of halogens is 3. The van der Waals surface area contributed by atoms with Crippen molar-refractivity contribution in [3.8, 4) is 11.1 Å². The molecule has 2 atom stereocenters. The third-order valence-electron chi connectivity index (χ3n) is 5.81. The number of alkyl halides is 3. The molecule has 5 heterocycles. The van der Waals surface area contributed by atoms with Gasteiger partial charge in [0.15, 0.2) is 0 Å². The third kappa shape index (κ3) is 4.87. The lowest BCUT2D eigenvalue weighted by molar-refractivity contribution is -0.141. The minimum Gasteiger partial charge on any atom is -0.364 e. The standard InChI is InChI=1S/C23H24F3N9/c1-13-10-35(11-14(2)33-13)22-28-6-4-16(34-22)8-29-20-19-17(9-30-21(19)32-12-31-20)15-3-5-27-18(7-15)23(24,25)26/h3-7,9,12-14,33H,8,10-11H2,1-2H3,(H2,29,30,31,32)/t13-,14+. The SMILES string of the molecule is C[C@@H]1CN(c2nccc(CNc3ncnc4[nH]cc(-c5ccnc(C(F)(F)F)c5)c34)n2)C[C@H](C)N1. The zero-order chi connectivity index (χ0) is 24.6. The first kappa shape index (κ1) is 23.0. The van der Waals surface area contributed by atoms with Crippen LogP contribution in [0.4, 0.5) is 24.9 Å². The number of pyridine rings is 1. The van der Waals surface area contributed by atoms with Gasteiger partial charge in [-0.2, -0.15) is 13.2 Å². The summed E-state index contributed by atoms with van der Waals surface area (Å²) in [6, 6.07) is 5.03. The monoisotopic (exact) mass is 483 g/mol. The Morgan fingerprint density at radius 1 is 1.06 bits per heavy atom. The molecule has 5 rings (SSSR count). The van der Waals surface area contributed by atoms with Crippen molar-refractivity contribution in [1.29, 1.82) is 0 Å². The molecule has 0 aromatic carbocycles. The Morgan fingerprint density at radius 3 is 2.60 bits per heavy atom. The van der Waals surface area contributed by atoms with Crippen molar-refractivity contribution in [3.05, 3.63) is 54.5 Å². The lowest BCUT2D eigenvalue weighted by Crippen LogP contribution is -2.54. The van der Waals surface area contributed by atoms with Gasteiger partial charge in [0.05, 0.1) is 17.6 Å². The molecule has 4 aromatic heterocycles. The van der Waals surface area contributed by atoms with Crippen molar-refractivity contribution >= 4 is 22.8 Å². The molecule has 3 N–H and O–H groups in total. The number of anilines is 2.